The van der Waals surface area contributed by atoms with E-state index >= 15 is 0 Å². The van der Waals surface area contributed by atoms with Gasteiger partial charge in [-0.1, -0.05) is 0 Å². The Morgan fingerprint density at radius 2 is 2.33 bits per heavy atom. The van der Waals surface area contributed by atoms with Crippen LogP contribution in [0.15, 0.2) is 24.5 Å². The van der Waals surface area contributed by atoms with Crippen LogP contribution in [0.1, 0.15) is 22.7 Å². The van der Waals surface area contributed by atoms with Gasteiger partial charge in [0.15, 0.2) is 0 Å². The molecular formula is C12H16N4OS. The number of aromatic nitrogens is 2. The number of aromatic amines is 1. The SMILES string of the molecule is Cc1ccc(C(C)N(C)C(=O)Nc2cn[nH]c2)s1. The topological polar surface area (TPSA) is 61.0 Å². The van der Waals surface area contributed by atoms with Crippen molar-refractivity contribution in [2.24, 2.45) is 0 Å². The zero-order chi connectivity index (χ0) is 13.1. The van der Waals surface area contributed by atoms with Crippen LogP contribution in [0, 0.1) is 6.92 Å². The summed E-state index contributed by atoms with van der Waals surface area (Å²) in [6, 6.07) is 4.04. The van der Waals surface area contributed by atoms with E-state index in [9.17, 15) is 4.79 Å². The van der Waals surface area contributed by atoms with E-state index in [1.54, 1.807) is 35.7 Å². The smallest absolute Gasteiger partial charge is 0.320 e. The van der Waals surface area contributed by atoms with Gasteiger partial charge in [0.25, 0.3) is 0 Å². The highest BCUT2D eigenvalue weighted by atomic mass is 32.1. The molecule has 2 amide bonds. The molecule has 2 aromatic rings. The minimum atomic E-state index is -0.144. The lowest BCUT2D eigenvalue weighted by molar-refractivity contribution is 0.209. The average molecular weight is 264 g/mol. The molecule has 0 aliphatic heterocycles. The van der Waals surface area contributed by atoms with Crippen molar-refractivity contribution in [3.63, 3.8) is 0 Å². The van der Waals surface area contributed by atoms with Gasteiger partial charge in [0.1, 0.15) is 0 Å². The number of amides is 2. The summed E-state index contributed by atoms with van der Waals surface area (Å²) in [5.41, 5.74) is 0.668. The van der Waals surface area contributed by atoms with E-state index in [-0.39, 0.29) is 12.1 Å². The number of nitrogens with zero attached hydrogens (tertiary/aromatic N) is 2. The first-order chi connectivity index (χ1) is 8.58. The minimum absolute atomic E-state index is 0.0515. The third-order valence-corrected chi connectivity index (χ3v) is 3.99. The molecule has 18 heavy (non-hydrogen) atoms. The van der Waals surface area contributed by atoms with Gasteiger partial charge >= 0.3 is 6.03 Å². The number of hydrogen-bond acceptors (Lipinski definition) is 3. The molecule has 0 saturated heterocycles. The molecule has 5 nitrogen and oxygen atoms in total. The maximum Gasteiger partial charge on any atom is 0.322 e. The fraction of sp³-hybridized carbons (Fsp3) is 0.333. The lowest BCUT2D eigenvalue weighted by Gasteiger charge is -2.24. The van der Waals surface area contributed by atoms with Crippen LogP contribution in [0.4, 0.5) is 10.5 Å². The Labute approximate surface area is 110 Å². The molecule has 0 radical (unpaired) electrons. The first kappa shape index (κ1) is 12.6. The van der Waals surface area contributed by atoms with Crippen molar-refractivity contribution in [1.29, 1.82) is 0 Å². The highest BCUT2D eigenvalue weighted by Crippen LogP contribution is 2.26. The van der Waals surface area contributed by atoms with E-state index in [0.717, 1.165) is 0 Å². The second-order valence-corrected chi connectivity index (χ2v) is 5.47. The fourth-order valence-electron chi connectivity index (χ4n) is 1.58. The van der Waals surface area contributed by atoms with Gasteiger partial charge in [-0.2, -0.15) is 5.10 Å². The average Bonchev–Trinajstić information content (AvgIpc) is 2.98. The van der Waals surface area contributed by atoms with E-state index < -0.39 is 0 Å². The highest BCUT2D eigenvalue weighted by molar-refractivity contribution is 7.12. The van der Waals surface area contributed by atoms with Crippen LogP contribution >= 0.6 is 11.3 Å². The Hall–Kier alpha value is -1.82. The van der Waals surface area contributed by atoms with E-state index in [1.807, 2.05) is 6.92 Å². The van der Waals surface area contributed by atoms with Gasteiger partial charge in [0, 0.05) is 23.0 Å². The minimum Gasteiger partial charge on any atom is -0.320 e. The normalized spacial score (nSPS) is 12.2. The van der Waals surface area contributed by atoms with Gasteiger partial charge in [0.2, 0.25) is 0 Å². The molecule has 2 heterocycles. The predicted molar refractivity (Wildman–Crippen MR) is 72.8 cm³/mol. The summed E-state index contributed by atoms with van der Waals surface area (Å²) in [5.74, 6) is 0. The number of aryl methyl sites for hydroxylation is 1. The molecule has 96 valence electrons. The zero-order valence-electron chi connectivity index (χ0n) is 10.6. The molecule has 2 aromatic heterocycles. The summed E-state index contributed by atoms with van der Waals surface area (Å²) in [5, 5.41) is 9.22. The van der Waals surface area contributed by atoms with Crippen LogP contribution < -0.4 is 5.32 Å². The molecule has 2 rings (SSSR count). The molecular weight excluding hydrogens is 248 g/mol. The number of hydrogen-bond donors (Lipinski definition) is 2. The summed E-state index contributed by atoms with van der Waals surface area (Å²) < 4.78 is 0. The quantitative estimate of drug-likeness (QED) is 0.895. The summed E-state index contributed by atoms with van der Waals surface area (Å²) in [7, 11) is 1.79. The van der Waals surface area contributed by atoms with Gasteiger partial charge in [-0.25, -0.2) is 4.79 Å². The largest absolute Gasteiger partial charge is 0.322 e. The van der Waals surface area contributed by atoms with E-state index in [1.165, 1.54) is 9.75 Å². The van der Waals surface area contributed by atoms with Crippen molar-refractivity contribution < 1.29 is 4.79 Å². The lowest BCUT2D eigenvalue weighted by atomic mass is 10.2. The van der Waals surface area contributed by atoms with Crippen molar-refractivity contribution in [2.45, 2.75) is 19.9 Å². The Kier molecular flexibility index (Phi) is 3.66. The molecule has 6 heteroatoms. The van der Waals surface area contributed by atoms with E-state index in [4.69, 9.17) is 0 Å². The first-order valence-electron chi connectivity index (χ1n) is 5.67. The highest BCUT2D eigenvalue weighted by Gasteiger charge is 2.18. The van der Waals surface area contributed by atoms with Gasteiger partial charge in [-0.05, 0) is 26.0 Å². The van der Waals surface area contributed by atoms with Crippen LogP contribution in [0.2, 0.25) is 0 Å². The number of nitrogens with one attached hydrogen (secondary N) is 2. The Bertz CT molecular complexity index is 520. The standard InChI is InChI=1S/C12H16N4OS/c1-8-4-5-11(18-8)9(2)16(3)12(17)15-10-6-13-14-7-10/h4-7,9H,1-3H3,(H,13,14)(H,15,17). The Morgan fingerprint density at radius 1 is 1.56 bits per heavy atom. The maximum atomic E-state index is 12.0. The Balaban J connectivity index is 2.02. The van der Waals surface area contributed by atoms with Crippen molar-refractivity contribution in [3.05, 3.63) is 34.3 Å². The lowest BCUT2D eigenvalue weighted by Crippen LogP contribution is -2.33. The molecule has 0 fully saturated rings. The molecule has 0 bridgehead atoms. The van der Waals surface area contributed by atoms with Gasteiger partial charge in [0.05, 0.1) is 17.9 Å². The van der Waals surface area contributed by atoms with Crippen LogP contribution in [-0.4, -0.2) is 28.2 Å². The van der Waals surface area contributed by atoms with Gasteiger partial charge in [-0.15, -0.1) is 11.3 Å². The van der Waals surface area contributed by atoms with Crippen LogP contribution in [0.25, 0.3) is 0 Å². The monoisotopic (exact) mass is 264 g/mol. The number of carbonyl (C=O) groups excluding carboxylic acids is 1. The number of thiophene rings is 1. The molecule has 0 aliphatic rings. The number of urea groups is 1. The zero-order valence-corrected chi connectivity index (χ0v) is 11.4. The molecule has 0 spiro atoms. The number of anilines is 1. The molecule has 1 unspecified atom stereocenters. The van der Waals surface area contributed by atoms with E-state index in [0.29, 0.717) is 5.69 Å². The van der Waals surface area contributed by atoms with Crippen molar-refractivity contribution in [3.8, 4) is 0 Å². The molecule has 0 aromatic carbocycles. The molecule has 0 saturated carbocycles. The third kappa shape index (κ3) is 2.70. The fourth-order valence-corrected chi connectivity index (χ4v) is 2.55. The predicted octanol–water partition coefficient (Wildman–Crippen LogP) is 3.00. The second-order valence-electron chi connectivity index (χ2n) is 4.15. The summed E-state index contributed by atoms with van der Waals surface area (Å²) in [4.78, 5) is 16.1. The van der Waals surface area contributed by atoms with Crippen molar-refractivity contribution in [2.75, 3.05) is 12.4 Å². The van der Waals surface area contributed by atoms with Gasteiger partial charge in [-0.3, -0.25) is 5.10 Å². The molecule has 1 atom stereocenters. The Morgan fingerprint density at radius 3 is 2.89 bits per heavy atom. The van der Waals surface area contributed by atoms with E-state index in [2.05, 4.69) is 34.6 Å². The molecule has 0 aliphatic carbocycles. The van der Waals surface area contributed by atoms with Gasteiger partial charge < -0.3 is 10.2 Å². The third-order valence-electron chi connectivity index (χ3n) is 2.82. The maximum absolute atomic E-state index is 12.0. The van der Waals surface area contributed by atoms with Crippen molar-refractivity contribution in [1.82, 2.24) is 15.1 Å². The number of H-pyrrole nitrogens is 1. The number of rotatable bonds is 3. The van der Waals surface area contributed by atoms with Crippen LogP contribution in [-0.2, 0) is 0 Å². The first-order valence-corrected chi connectivity index (χ1v) is 6.48. The summed E-state index contributed by atoms with van der Waals surface area (Å²) >= 11 is 1.71. The van der Waals surface area contributed by atoms with Crippen LogP contribution in [0.3, 0.4) is 0 Å². The second kappa shape index (κ2) is 5.22. The number of carbonyl (C=O) groups is 1. The summed E-state index contributed by atoms with van der Waals surface area (Å²) in [6.45, 7) is 4.08. The van der Waals surface area contributed by atoms with Crippen molar-refractivity contribution >= 4 is 23.1 Å². The summed E-state index contributed by atoms with van der Waals surface area (Å²) in [6.07, 6.45) is 3.22. The molecule has 2 N–H and O–H groups in total. The van der Waals surface area contributed by atoms with Crippen LogP contribution in [0.5, 0.6) is 0 Å².